The second-order valence-corrected chi connectivity index (χ2v) is 4.96. The van der Waals surface area contributed by atoms with Gasteiger partial charge in [-0.15, -0.1) is 0 Å². The Bertz CT molecular complexity index is 501. The molecule has 0 atom stereocenters. The van der Waals surface area contributed by atoms with Gasteiger partial charge in [0.05, 0.1) is 0 Å². The topological polar surface area (TPSA) is 12.5 Å². The van der Waals surface area contributed by atoms with Gasteiger partial charge < -0.3 is 9.64 Å². The Morgan fingerprint density at radius 3 is 2.21 bits per heavy atom. The minimum Gasteiger partial charge on any atom is -0.489 e. The van der Waals surface area contributed by atoms with Gasteiger partial charge in [-0.2, -0.15) is 0 Å². The quantitative estimate of drug-likeness (QED) is 0.820. The van der Waals surface area contributed by atoms with Gasteiger partial charge in [-0.1, -0.05) is 30.3 Å². The zero-order valence-corrected chi connectivity index (χ0v) is 11.1. The lowest BCUT2D eigenvalue weighted by Crippen LogP contribution is -2.17. The second-order valence-electron chi connectivity index (χ2n) is 4.96. The Morgan fingerprint density at radius 1 is 0.842 bits per heavy atom. The SMILES string of the molecule is c1ccc(COc2ccc(N3CCCC3)cc2)cc1. The molecule has 0 saturated carbocycles. The van der Waals surface area contributed by atoms with E-state index in [-0.39, 0.29) is 0 Å². The van der Waals surface area contributed by atoms with Crippen LogP contribution in [0, 0.1) is 0 Å². The molecule has 0 amide bonds. The number of ether oxygens (including phenoxy) is 1. The van der Waals surface area contributed by atoms with Crippen LogP contribution in [0.3, 0.4) is 0 Å². The summed E-state index contributed by atoms with van der Waals surface area (Å²) in [5.74, 6) is 0.937. The smallest absolute Gasteiger partial charge is 0.119 e. The fraction of sp³-hybridized carbons (Fsp3) is 0.294. The molecule has 0 spiro atoms. The molecule has 1 fully saturated rings. The maximum Gasteiger partial charge on any atom is 0.119 e. The molecule has 1 heterocycles. The van der Waals surface area contributed by atoms with E-state index in [1.807, 2.05) is 18.2 Å². The summed E-state index contributed by atoms with van der Waals surface area (Å²) in [6.45, 7) is 3.00. The Balaban J connectivity index is 1.60. The highest BCUT2D eigenvalue weighted by molar-refractivity contribution is 5.49. The fourth-order valence-corrected chi connectivity index (χ4v) is 2.47. The first-order valence-corrected chi connectivity index (χ1v) is 6.93. The molecule has 1 aliphatic rings. The maximum atomic E-state index is 5.79. The summed E-state index contributed by atoms with van der Waals surface area (Å²) in [5, 5.41) is 0. The number of rotatable bonds is 4. The average Bonchev–Trinajstić information content (AvgIpc) is 3.01. The normalized spacial score (nSPS) is 14.6. The van der Waals surface area contributed by atoms with Crippen molar-refractivity contribution in [3.8, 4) is 5.75 Å². The Hall–Kier alpha value is -1.96. The van der Waals surface area contributed by atoms with Crippen molar-refractivity contribution in [3.63, 3.8) is 0 Å². The van der Waals surface area contributed by atoms with Gasteiger partial charge in [0.1, 0.15) is 12.4 Å². The number of benzene rings is 2. The van der Waals surface area contributed by atoms with Crippen molar-refractivity contribution in [1.82, 2.24) is 0 Å². The molecule has 1 saturated heterocycles. The summed E-state index contributed by atoms with van der Waals surface area (Å²) in [5.41, 5.74) is 2.51. The Morgan fingerprint density at radius 2 is 1.53 bits per heavy atom. The summed E-state index contributed by atoms with van der Waals surface area (Å²) in [6, 6.07) is 18.7. The highest BCUT2D eigenvalue weighted by Crippen LogP contribution is 2.23. The Kier molecular flexibility index (Phi) is 3.68. The average molecular weight is 253 g/mol. The maximum absolute atomic E-state index is 5.79. The largest absolute Gasteiger partial charge is 0.489 e. The molecule has 19 heavy (non-hydrogen) atoms. The molecule has 0 N–H and O–H groups in total. The van der Waals surface area contributed by atoms with Gasteiger partial charge in [0, 0.05) is 18.8 Å². The molecular formula is C17H19NO. The molecule has 0 unspecified atom stereocenters. The predicted molar refractivity (Wildman–Crippen MR) is 78.7 cm³/mol. The molecule has 2 aromatic rings. The molecule has 0 aromatic heterocycles. The number of hydrogen-bond donors (Lipinski definition) is 0. The van der Waals surface area contributed by atoms with Crippen LogP contribution >= 0.6 is 0 Å². The van der Waals surface area contributed by atoms with E-state index < -0.39 is 0 Å². The predicted octanol–water partition coefficient (Wildman–Crippen LogP) is 3.87. The van der Waals surface area contributed by atoms with E-state index in [2.05, 4.69) is 41.3 Å². The van der Waals surface area contributed by atoms with Crippen molar-refractivity contribution in [3.05, 3.63) is 60.2 Å². The molecular weight excluding hydrogens is 234 g/mol. The van der Waals surface area contributed by atoms with E-state index in [1.54, 1.807) is 0 Å². The summed E-state index contributed by atoms with van der Waals surface area (Å²) in [7, 11) is 0. The third kappa shape index (κ3) is 3.08. The standard InChI is InChI=1S/C17H19NO/c1-2-6-15(7-3-1)14-19-17-10-8-16(9-11-17)18-12-4-5-13-18/h1-3,6-11H,4-5,12-14H2. The second kappa shape index (κ2) is 5.79. The summed E-state index contributed by atoms with van der Waals surface area (Å²) in [4.78, 5) is 2.43. The molecule has 2 heteroatoms. The van der Waals surface area contributed by atoms with Gasteiger partial charge >= 0.3 is 0 Å². The van der Waals surface area contributed by atoms with E-state index in [0.717, 1.165) is 5.75 Å². The number of anilines is 1. The van der Waals surface area contributed by atoms with E-state index >= 15 is 0 Å². The van der Waals surface area contributed by atoms with Crippen LogP contribution in [0.5, 0.6) is 5.75 Å². The monoisotopic (exact) mass is 253 g/mol. The first kappa shape index (κ1) is 12.1. The van der Waals surface area contributed by atoms with Crippen molar-refractivity contribution >= 4 is 5.69 Å². The number of hydrogen-bond acceptors (Lipinski definition) is 2. The van der Waals surface area contributed by atoms with Crippen LogP contribution in [0.2, 0.25) is 0 Å². The summed E-state index contributed by atoms with van der Waals surface area (Å²) in [6.07, 6.45) is 2.62. The van der Waals surface area contributed by atoms with Gasteiger partial charge in [-0.05, 0) is 42.7 Å². The third-order valence-electron chi connectivity index (χ3n) is 3.56. The van der Waals surface area contributed by atoms with E-state index in [4.69, 9.17) is 4.74 Å². The lowest BCUT2D eigenvalue weighted by molar-refractivity contribution is 0.306. The van der Waals surface area contributed by atoms with Gasteiger partial charge in [0.25, 0.3) is 0 Å². The first-order valence-electron chi connectivity index (χ1n) is 6.93. The van der Waals surface area contributed by atoms with Crippen molar-refractivity contribution in [2.45, 2.75) is 19.4 Å². The third-order valence-corrected chi connectivity index (χ3v) is 3.56. The zero-order valence-electron chi connectivity index (χ0n) is 11.1. The number of nitrogens with zero attached hydrogens (tertiary/aromatic N) is 1. The molecule has 2 nitrogen and oxygen atoms in total. The molecule has 0 radical (unpaired) electrons. The van der Waals surface area contributed by atoms with Crippen LogP contribution in [0.1, 0.15) is 18.4 Å². The van der Waals surface area contributed by atoms with E-state index in [0.29, 0.717) is 6.61 Å². The van der Waals surface area contributed by atoms with Crippen LogP contribution in [-0.2, 0) is 6.61 Å². The minimum absolute atomic E-state index is 0.629. The minimum atomic E-state index is 0.629. The molecule has 3 rings (SSSR count). The lowest BCUT2D eigenvalue weighted by Gasteiger charge is -2.17. The fourth-order valence-electron chi connectivity index (χ4n) is 2.47. The van der Waals surface area contributed by atoms with Gasteiger partial charge in [0.2, 0.25) is 0 Å². The van der Waals surface area contributed by atoms with E-state index in [9.17, 15) is 0 Å². The molecule has 98 valence electrons. The van der Waals surface area contributed by atoms with Crippen molar-refractivity contribution in [2.24, 2.45) is 0 Å². The van der Waals surface area contributed by atoms with Crippen LogP contribution in [0.15, 0.2) is 54.6 Å². The molecule has 0 bridgehead atoms. The van der Waals surface area contributed by atoms with E-state index in [1.165, 1.54) is 37.2 Å². The van der Waals surface area contributed by atoms with Crippen LogP contribution in [-0.4, -0.2) is 13.1 Å². The van der Waals surface area contributed by atoms with Gasteiger partial charge in [-0.3, -0.25) is 0 Å². The zero-order chi connectivity index (χ0) is 12.9. The lowest BCUT2D eigenvalue weighted by atomic mass is 10.2. The molecule has 1 aliphatic heterocycles. The Labute approximate surface area is 114 Å². The van der Waals surface area contributed by atoms with Crippen LogP contribution in [0.25, 0.3) is 0 Å². The summed E-state index contributed by atoms with van der Waals surface area (Å²) < 4.78 is 5.79. The highest BCUT2D eigenvalue weighted by Gasteiger charge is 2.11. The van der Waals surface area contributed by atoms with Gasteiger partial charge in [0.15, 0.2) is 0 Å². The van der Waals surface area contributed by atoms with Crippen molar-refractivity contribution in [2.75, 3.05) is 18.0 Å². The molecule has 0 aliphatic carbocycles. The molecule has 2 aromatic carbocycles. The van der Waals surface area contributed by atoms with Gasteiger partial charge in [-0.25, -0.2) is 0 Å². The van der Waals surface area contributed by atoms with Crippen molar-refractivity contribution in [1.29, 1.82) is 0 Å². The summed E-state index contributed by atoms with van der Waals surface area (Å²) >= 11 is 0. The van der Waals surface area contributed by atoms with Crippen LogP contribution < -0.4 is 9.64 Å². The highest BCUT2D eigenvalue weighted by atomic mass is 16.5. The first-order chi connectivity index (χ1) is 9.42. The van der Waals surface area contributed by atoms with Crippen molar-refractivity contribution < 1.29 is 4.74 Å². The van der Waals surface area contributed by atoms with Crippen LogP contribution in [0.4, 0.5) is 5.69 Å².